The van der Waals surface area contributed by atoms with Crippen molar-refractivity contribution in [2.24, 2.45) is 17.6 Å². The minimum absolute atomic E-state index is 0.392. The van der Waals surface area contributed by atoms with Crippen LogP contribution in [0.15, 0.2) is 0 Å². The van der Waals surface area contributed by atoms with Crippen molar-refractivity contribution in [3.63, 3.8) is 0 Å². The Bertz CT molecular complexity index is 170. The van der Waals surface area contributed by atoms with E-state index in [1.807, 2.05) is 0 Å². The topological polar surface area (TPSA) is 55.1 Å². The van der Waals surface area contributed by atoms with Crippen LogP contribution in [0.4, 0.5) is 4.79 Å². The normalized spacial score (nSPS) is 29.3. The number of nitrogens with two attached hydrogens (primary N) is 1. The minimum Gasteiger partial charge on any atom is -0.352 e. The lowest BCUT2D eigenvalue weighted by atomic mass is 9.89. The SMILES string of the molecule is C[C@H]1CCCCC[C@@H]1CNC(N)=O. The van der Waals surface area contributed by atoms with E-state index in [1.54, 1.807) is 0 Å². The molecule has 3 nitrogen and oxygen atoms in total. The molecule has 3 heteroatoms. The molecule has 0 aromatic rings. The lowest BCUT2D eigenvalue weighted by Crippen LogP contribution is -2.35. The Hall–Kier alpha value is -0.730. The molecule has 13 heavy (non-hydrogen) atoms. The van der Waals surface area contributed by atoms with Crippen molar-refractivity contribution in [2.75, 3.05) is 6.54 Å². The molecule has 76 valence electrons. The van der Waals surface area contributed by atoms with Crippen LogP contribution >= 0.6 is 0 Å². The number of urea groups is 1. The molecule has 1 aliphatic rings. The van der Waals surface area contributed by atoms with E-state index in [-0.39, 0.29) is 0 Å². The summed E-state index contributed by atoms with van der Waals surface area (Å²) >= 11 is 0. The Labute approximate surface area is 80.1 Å². The van der Waals surface area contributed by atoms with Gasteiger partial charge in [-0.2, -0.15) is 0 Å². The van der Waals surface area contributed by atoms with Crippen molar-refractivity contribution < 1.29 is 4.79 Å². The van der Waals surface area contributed by atoms with E-state index >= 15 is 0 Å². The molecule has 0 aliphatic heterocycles. The Balaban J connectivity index is 2.31. The summed E-state index contributed by atoms with van der Waals surface area (Å²) in [6, 6.07) is -0.392. The first-order valence-corrected chi connectivity index (χ1v) is 5.23. The summed E-state index contributed by atoms with van der Waals surface area (Å²) in [5, 5.41) is 2.71. The van der Waals surface area contributed by atoms with Gasteiger partial charge >= 0.3 is 6.03 Å². The fourth-order valence-electron chi connectivity index (χ4n) is 2.10. The summed E-state index contributed by atoms with van der Waals surface area (Å²) in [5.41, 5.74) is 5.04. The molecule has 0 radical (unpaired) electrons. The average Bonchev–Trinajstić information content (AvgIpc) is 2.27. The molecular weight excluding hydrogens is 164 g/mol. The molecule has 3 N–H and O–H groups in total. The predicted molar refractivity (Wildman–Crippen MR) is 53.3 cm³/mol. The maximum Gasteiger partial charge on any atom is 0.312 e. The summed E-state index contributed by atoms with van der Waals surface area (Å²) < 4.78 is 0. The zero-order chi connectivity index (χ0) is 9.68. The van der Waals surface area contributed by atoms with Gasteiger partial charge in [0.15, 0.2) is 0 Å². The van der Waals surface area contributed by atoms with Crippen molar-refractivity contribution in [1.29, 1.82) is 0 Å². The number of hydrogen-bond acceptors (Lipinski definition) is 1. The first-order chi connectivity index (χ1) is 6.20. The van der Waals surface area contributed by atoms with Gasteiger partial charge in [-0.15, -0.1) is 0 Å². The second kappa shape index (κ2) is 5.10. The van der Waals surface area contributed by atoms with Gasteiger partial charge in [0.2, 0.25) is 0 Å². The third-order valence-corrected chi connectivity index (χ3v) is 3.08. The fourth-order valence-corrected chi connectivity index (χ4v) is 2.10. The molecule has 1 fully saturated rings. The van der Waals surface area contributed by atoms with Gasteiger partial charge < -0.3 is 11.1 Å². The maximum absolute atomic E-state index is 10.5. The molecule has 0 spiro atoms. The van der Waals surface area contributed by atoms with E-state index in [1.165, 1.54) is 32.1 Å². The molecule has 0 aromatic carbocycles. The van der Waals surface area contributed by atoms with Crippen LogP contribution < -0.4 is 11.1 Å². The molecule has 1 aliphatic carbocycles. The van der Waals surface area contributed by atoms with Gasteiger partial charge in [-0.25, -0.2) is 4.79 Å². The maximum atomic E-state index is 10.5. The highest BCUT2D eigenvalue weighted by Crippen LogP contribution is 2.27. The van der Waals surface area contributed by atoms with Crippen molar-refractivity contribution in [1.82, 2.24) is 5.32 Å². The number of carbonyl (C=O) groups excluding carboxylic acids is 1. The monoisotopic (exact) mass is 184 g/mol. The predicted octanol–water partition coefficient (Wildman–Crippen LogP) is 1.87. The molecule has 0 heterocycles. The zero-order valence-electron chi connectivity index (χ0n) is 8.38. The molecule has 2 atom stereocenters. The van der Waals surface area contributed by atoms with E-state index in [9.17, 15) is 4.79 Å². The van der Waals surface area contributed by atoms with Crippen molar-refractivity contribution in [2.45, 2.75) is 39.0 Å². The highest BCUT2D eigenvalue weighted by molar-refractivity contribution is 5.71. The van der Waals surface area contributed by atoms with Gasteiger partial charge in [0.1, 0.15) is 0 Å². The number of primary amides is 1. The first-order valence-electron chi connectivity index (χ1n) is 5.23. The van der Waals surface area contributed by atoms with Crippen LogP contribution in [0.25, 0.3) is 0 Å². The Morgan fingerprint density at radius 3 is 2.77 bits per heavy atom. The summed E-state index contributed by atoms with van der Waals surface area (Å²) in [6.07, 6.45) is 6.52. The molecule has 1 rings (SSSR count). The van der Waals surface area contributed by atoms with E-state index in [0.717, 1.165) is 12.5 Å². The molecule has 2 amide bonds. The molecule has 0 unspecified atom stereocenters. The van der Waals surface area contributed by atoms with Gasteiger partial charge in [-0.3, -0.25) is 0 Å². The van der Waals surface area contributed by atoms with Crippen molar-refractivity contribution >= 4 is 6.03 Å². The lowest BCUT2D eigenvalue weighted by Gasteiger charge is -2.20. The number of carbonyl (C=O) groups is 1. The van der Waals surface area contributed by atoms with Gasteiger partial charge in [0, 0.05) is 6.54 Å². The van der Waals surface area contributed by atoms with Crippen LogP contribution in [0.3, 0.4) is 0 Å². The van der Waals surface area contributed by atoms with Gasteiger partial charge in [-0.1, -0.05) is 32.6 Å². The first kappa shape index (κ1) is 10.4. The quantitative estimate of drug-likeness (QED) is 0.632. The highest BCUT2D eigenvalue weighted by atomic mass is 16.2. The van der Waals surface area contributed by atoms with Crippen LogP contribution in [0.5, 0.6) is 0 Å². The van der Waals surface area contributed by atoms with Crippen LogP contribution in [0, 0.1) is 11.8 Å². The Kier molecular flexibility index (Phi) is 4.06. The lowest BCUT2D eigenvalue weighted by molar-refractivity contribution is 0.242. The van der Waals surface area contributed by atoms with Crippen LogP contribution in [0.1, 0.15) is 39.0 Å². The third-order valence-electron chi connectivity index (χ3n) is 3.08. The molecular formula is C10H20N2O. The molecule has 0 saturated heterocycles. The van der Waals surface area contributed by atoms with Gasteiger partial charge in [0.25, 0.3) is 0 Å². The van der Waals surface area contributed by atoms with Crippen LogP contribution in [0.2, 0.25) is 0 Å². The summed E-state index contributed by atoms with van der Waals surface area (Å²) in [7, 11) is 0. The van der Waals surface area contributed by atoms with E-state index in [0.29, 0.717) is 5.92 Å². The van der Waals surface area contributed by atoms with Crippen LogP contribution in [-0.4, -0.2) is 12.6 Å². The van der Waals surface area contributed by atoms with Gasteiger partial charge in [0.05, 0.1) is 0 Å². The van der Waals surface area contributed by atoms with Gasteiger partial charge in [-0.05, 0) is 18.3 Å². The minimum atomic E-state index is -0.392. The molecule has 0 bridgehead atoms. The summed E-state index contributed by atoms with van der Waals surface area (Å²) in [5.74, 6) is 1.37. The average molecular weight is 184 g/mol. The number of hydrogen-bond donors (Lipinski definition) is 2. The number of nitrogens with one attached hydrogen (secondary N) is 1. The van der Waals surface area contributed by atoms with Crippen LogP contribution in [-0.2, 0) is 0 Å². The summed E-state index contributed by atoms with van der Waals surface area (Å²) in [4.78, 5) is 10.5. The second-order valence-electron chi connectivity index (χ2n) is 4.12. The third kappa shape index (κ3) is 3.66. The Morgan fingerprint density at radius 2 is 2.08 bits per heavy atom. The smallest absolute Gasteiger partial charge is 0.312 e. The zero-order valence-corrected chi connectivity index (χ0v) is 8.38. The number of rotatable bonds is 2. The van der Waals surface area contributed by atoms with E-state index in [4.69, 9.17) is 5.73 Å². The number of amides is 2. The van der Waals surface area contributed by atoms with E-state index in [2.05, 4.69) is 12.2 Å². The highest BCUT2D eigenvalue weighted by Gasteiger charge is 2.19. The standard InChI is InChI=1S/C10H20N2O/c1-8-5-3-2-4-6-9(8)7-12-10(11)13/h8-9H,2-7H2,1H3,(H3,11,12,13)/t8-,9+/m0/s1. The largest absolute Gasteiger partial charge is 0.352 e. The molecule has 1 saturated carbocycles. The van der Waals surface area contributed by atoms with E-state index < -0.39 is 6.03 Å². The summed E-state index contributed by atoms with van der Waals surface area (Å²) in [6.45, 7) is 3.04. The van der Waals surface area contributed by atoms with Crippen molar-refractivity contribution in [3.8, 4) is 0 Å². The second-order valence-corrected chi connectivity index (χ2v) is 4.12. The van der Waals surface area contributed by atoms with Crippen molar-refractivity contribution in [3.05, 3.63) is 0 Å². The molecule has 0 aromatic heterocycles. The fraction of sp³-hybridized carbons (Fsp3) is 0.900. The Morgan fingerprint density at radius 1 is 1.38 bits per heavy atom.